The van der Waals surface area contributed by atoms with Gasteiger partial charge >= 0.3 is 0 Å². The van der Waals surface area contributed by atoms with E-state index in [-0.39, 0.29) is 0 Å². The van der Waals surface area contributed by atoms with Gasteiger partial charge in [0.1, 0.15) is 0 Å². The molecule has 2 heteroatoms. The topological polar surface area (TPSA) is 38.0 Å². The van der Waals surface area contributed by atoms with Crippen molar-refractivity contribution in [1.29, 1.82) is 0 Å². The van der Waals surface area contributed by atoms with Crippen LogP contribution in [-0.4, -0.2) is 6.54 Å². The van der Waals surface area contributed by atoms with E-state index in [0.717, 1.165) is 12.5 Å². The third-order valence-electron chi connectivity index (χ3n) is 2.07. The van der Waals surface area contributed by atoms with Crippen LogP contribution in [0, 0.1) is 5.92 Å². The van der Waals surface area contributed by atoms with E-state index >= 15 is 0 Å². The summed E-state index contributed by atoms with van der Waals surface area (Å²) in [7, 11) is 0. The second kappa shape index (κ2) is 4.47. The van der Waals surface area contributed by atoms with Gasteiger partial charge in [-0.3, -0.25) is 11.3 Å². The summed E-state index contributed by atoms with van der Waals surface area (Å²) in [6.07, 6.45) is 9.63. The standard InChI is InChI=1S/C8H16N2/c9-10-7-6-8-4-2-1-3-5-8/h1-2,8,10H,3-7,9H2. The van der Waals surface area contributed by atoms with Crippen molar-refractivity contribution in [3.05, 3.63) is 12.2 Å². The molecule has 0 saturated heterocycles. The molecule has 0 saturated carbocycles. The molecule has 1 atom stereocenters. The number of nitrogens with two attached hydrogens (primary N) is 1. The van der Waals surface area contributed by atoms with Crippen molar-refractivity contribution < 1.29 is 0 Å². The first kappa shape index (κ1) is 7.76. The van der Waals surface area contributed by atoms with E-state index < -0.39 is 0 Å². The third-order valence-corrected chi connectivity index (χ3v) is 2.07. The average Bonchev–Trinajstić information content (AvgIpc) is 2.03. The van der Waals surface area contributed by atoms with Crippen molar-refractivity contribution in [2.75, 3.05) is 6.54 Å². The Kier molecular flexibility index (Phi) is 3.47. The lowest BCUT2D eigenvalue weighted by atomic mass is 9.92. The monoisotopic (exact) mass is 140 g/mol. The fraction of sp³-hybridized carbons (Fsp3) is 0.750. The lowest BCUT2D eigenvalue weighted by Crippen LogP contribution is -2.25. The molecule has 0 radical (unpaired) electrons. The van der Waals surface area contributed by atoms with Crippen LogP contribution in [0.2, 0.25) is 0 Å². The van der Waals surface area contributed by atoms with Gasteiger partial charge in [-0.25, -0.2) is 0 Å². The van der Waals surface area contributed by atoms with Crippen LogP contribution < -0.4 is 11.3 Å². The molecule has 0 aliphatic heterocycles. The van der Waals surface area contributed by atoms with Crippen molar-refractivity contribution >= 4 is 0 Å². The fourth-order valence-electron chi connectivity index (χ4n) is 1.41. The van der Waals surface area contributed by atoms with Gasteiger partial charge in [0, 0.05) is 6.54 Å². The fourth-order valence-corrected chi connectivity index (χ4v) is 1.41. The summed E-state index contributed by atoms with van der Waals surface area (Å²) in [6, 6.07) is 0. The Hall–Kier alpha value is -0.340. The molecule has 1 rings (SSSR count). The van der Waals surface area contributed by atoms with Gasteiger partial charge in [0.15, 0.2) is 0 Å². The molecule has 0 aromatic heterocycles. The highest BCUT2D eigenvalue weighted by Crippen LogP contribution is 2.20. The zero-order valence-electron chi connectivity index (χ0n) is 6.34. The Morgan fingerprint density at radius 2 is 2.40 bits per heavy atom. The van der Waals surface area contributed by atoms with E-state index in [1.165, 1.54) is 25.7 Å². The van der Waals surface area contributed by atoms with E-state index in [2.05, 4.69) is 17.6 Å². The number of hydrogen-bond acceptors (Lipinski definition) is 2. The highest BCUT2D eigenvalue weighted by molar-refractivity contribution is 4.89. The molecule has 0 spiro atoms. The average molecular weight is 140 g/mol. The van der Waals surface area contributed by atoms with Crippen LogP contribution in [0.4, 0.5) is 0 Å². The molecular weight excluding hydrogens is 124 g/mol. The van der Waals surface area contributed by atoms with Gasteiger partial charge in [-0.1, -0.05) is 12.2 Å². The van der Waals surface area contributed by atoms with E-state index in [0.29, 0.717) is 0 Å². The SMILES string of the molecule is NNCCC1CC=CCC1. The van der Waals surface area contributed by atoms with Crippen LogP contribution >= 0.6 is 0 Å². The molecule has 0 heterocycles. The number of nitrogens with one attached hydrogen (secondary N) is 1. The van der Waals surface area contributed by atoms with Crippen molar-refractivity contribution in [3.8, 4) is 0 Å². The number of allylic oxidation sites excluding steroid dienone is 2. The van der Waals surface area contributed by atoms with Crippen molar-refractivity contribution in [1.82, 2.24) is 5.43 Å². The van der Waals surface area contributed by atoms with E-state index in [1.54, 1.807) is 0 Å². The molecule has 2 nitrogen and oxygen atoms in total. The normalized spacial score (nSPS) is 25.1. The van der Waals surface area contributed by atoms with Crippen molar-refractivity contribution in [2.24, 2.45) is 11.8 Å². The first-order valence-electron chi connectivity index (χ1n) is 4.02. The predicted molar refractivity (Wildman–Crippen MR) is 43.3 cm³/mol. The van der Waals surface area contributed by atoms with Gasteiger partial charge in [-0.05, 0) is 31.6 Å². The Bertz CT molecular complexity index is 110. The second-order valence-electron chi connectivity index (χ2n) is 2.89. The summed E-state index contributed by atoms with van der Waals surface area (Å²) in [4.78, 5) is 0. The Balaban J connectivity index is 2.10. The molecule has 1 aliphatic carbocycles. The minimum atomic E-state index is 0.876. The Morgan fingerprint density at radius 3 is 3.00 bits per heavy atom. The molecule has 10 heavy (non-hydrogen) atoms. The zero-order valence-corrected chi connectivity index (χ0v) is 6.34. The van der Waals surface area contributed by atoms with E-state index in [9.17, 15) is 0 Å². The molecule has 1 unspecified atom stereocenters. The highest BCUT2D eigenvalue weighted by Gasteiger charge is 2.07. The lowest BCUT2D eigenvalue weighted by Gasteiger charge is -2.16. The maximum atomic E-state index is 5.18. The van der Waals surface area contributed by atoms with Gasteiger partial charge in [-0.15, -0.1) is 0 Å². The molecule has 0 aromatic carbocycles. The molecule has 58 valence electrons. The van der Waals surface area contributed by atoms with Crippen molar-refractivity contribution in [2.45, 2.75) is 25.7 Å². The smallest absolute Gasteiger partial charge is 0.0100 e. The summed E-state index contributed by atoms with van der Waals surface area (Å²) in [5.74, 6) is 6.05. The molecule has 3 N–H and O–H groups in total. The number of hydrazine groups is 1. The zero-order chi connectivity index (χ0) is 7.23. The van der Waals surface area contributed by atoms with Crippen LogP contribution in [0.5, 0.6) is 0 Å². The second-order valence-corrected chi connectivity index (χ2v) is 2.89. The minimum absolute atomic E-state index is 0.876. The minimum Gasteiger partial charge on any atom is -0.271 e. The molecule has 1 aliphatic rings. The van der Waals surface area contributed by atoms with Gasteiger partial charge in [-0.2, -0.15) is 0 Å². The van der Waals surface area contributed by atoms with Crippen LogP contribution in [0.15, 0.2) is 12.2 Å². The van der Waals surface area contributed by atoms with Gasteiger partial charge < -0.3 is 0 Å². The quantitative estimate of drug-likeness (QED) is 0.351. The molecular formula is C8H16N2. The van der Waals surface area contributed by atoms with E-state index in [1.807, 2.05) is 0 Å². The summed E-state index contributed by atoms with van der Waals surface area (Å²) < 4.78 is 0. The predicted octanol–water partition coefficient (Wildman–Crippen LogP) is 1.20. The van der Waals surface area contributed by atoms with Crippen LogP contribution in [-0.2, 0) is 0 Å². The maximum Gasteiger partial charge on any atom is 0.0100 e. The van der Waals surface area contributed by atoms with Crippen LogP contribution in [0.1, 0.15) is 25.7 Å². The Morgan fingerprint density at radius 1 is 1.50 bits per heavy atom. The van der Waals surface area contributed by atoms with Crippen molar-refractivity contribution in [3.63, 3.8) is 0 Å². The number of rotatable bonds is 3. The van der Waals surface area contributed by atoms with Crippen LogP contribution in [0.25, 0.3) is 0 Å². The van der Waals surface area contributed by atoms with Crippen LogP contribution in [0.3, 0.4) is 0 Å². The molecule has 0 bridgehead atoms. The Labute approximate surface area is 62.5 Å². The van der Waals surface area contributed by atoms with Gasteiger partial charge in [0.25, 0.3) is 0 Å². The van der Waals surface area contributed by atoms with E-state index in [4.69, 9.17) is 5.84 Å². The summed E-state index contributed by atoms with van der Waals surface area (Å²) >= 11 is 0. The molecule has 0 aromatic rings. The third kappa shape index (κ3) is 2.50. The summed E-state index contributed by atoms with van der Waals surface area (Å²) in [5.41, 5.74) is 2.69. The van der Waals surface area contributed by atoms with Gasteiger partial charge in [0.05, 0.1) is 0 Å². The first-order valence-corrected chi connectivity index (χ1v) is 4.02. The first-order chi connectivity index (χ1) is 4.93. The van der Waals surface area contributed by atoms with Gasteiger partial charge in [0.2, 0.25) is 0 Å². The summed E-state index contributed by atoms with van der Waals surface area (Å²) in [5, 5.41) is 0. The largest absolute Gasteiger partial charge is 0.271 e. The molecule has 0 fully saturated rings. The molecule has 0 amide bonds. The highest BCUT2D eigenvalue weighted by atomic mass is 15.2. The summed E-state index contributed by atoms with van der Waals surface area (Å²) in [6.45, 7) is 0.957. The number of hydrogen-bond donors (Lipinski definition) is 2. The lowest BCUT2D eigenvalue weighted by molar-refractivity contribution is 0.433. The maximum absolute atomic E-state index is 5.18.